The van der Waals surface area contributed by atoms with Gasteiger partial charge in [-0.05, 0) is 33.7 Å². The molecule has 0 aromatic carbocycles. The Morgan fingerprint density at radius 3 is 2.56 bits per heavy atom. The standard InChI is InChI=1S/C11H23N3O3S/c1-11(2,13-18(4,16)17)8-14-7-5-6-9(12-3)10(14)15/h9,12-13H,5-8H2,1-4H3. The molecule has 1 rings (SSSR count). The van der Waals surface area contributed by atoms with Crippen molar-refractivity contribution in [3.63, 3.8) is 0 Å². The Morgan fingerprint density at radius 1 is 1.44 bits per heavy atom. The van der Waals surface area contributed by atoms with E-state index in [1.807, 2.05) is 0 Å². The lowest BCUT2D eigenvalue weighted by Crippen LogP contribution is -2.57. The zero-order valence-corrected chi connectivity index (χ0v) is 12.3. The molecule has 0 aromatic heterocycles. The number of hydrogen-bond donors (Lipinski definition) is 2. The fraction of sp³-hybridized carbons (Fsp3) is 0.909. The molecular weight excluding hydrogens is 254 g/mol. The van der Waals surface area contributed by atoms with E-state index in [-0.39, 0.29) is 11.9 Å². The van der Waals surface area contributed by atoms with Crippen molar-refractivity contribution < 1.29 is 13.2 Å². The average Bonchev–Trinajstić information content (AvgIpc) is 2.17. The normalized spacial score (nSPS) is 22.3. The summed E-state index contributed by atoms with van der Waals surface area (Å²) in [5, 5.41) is 2.99. The summed E-state index contributed by atoms with van der Waals surface area (Å²) in [4.78, 5) is 13.8. The lowest BCUT2D eigenvalue weighted by Gasteiger charge is -2.37. The minimum absolute atomic E-state index is 0.0483. The van der Waals surface area contributed by atoms with E-state index in [1.54, 1.807) is 25.8 Å². The van der Waals surface area contributed by atoms with E-state index in [9.17, 15) is 13.2 Å². The molecule has 1 saturated heterocycles. The van der Waals surface area contributed by atoms with Gasteiger partial charge in [0.1, 0.15) is 0 Å². The second-order valence-electron chi connectivity index (χ2n) is 5.50. The number of rotatable bonds is 5. The highest BCUT2D eigenvalue weighted by atomic mass is 32.2. The largest absolute Gasteiger partial charge is 0.339 e. The van der Waals surface area contributed by atoms with Crippen LogP contribution in [0.15, 0.2) is 0 Å². The van der Waals surface area contributed by atoms with Gasteiger partial charge in [0.05, 0.1) is 12.3 Å². The van der Waals surface area contributed by atoms with Crippen LogP contribution in [0.25, 0.3) is 0 Å². The summed E-state index contributed by atoms with van der Waals surface area (Å²) in [6, 6.07) is -0.146. The maximum Gasteiger partial charge on any atom is 0.239 e. The van der Waals surface area contributed by atoms with E-state index >= 15 is 0 Å². The molecule has 18 heavy (non-hydrogen) atoms. The Labute approximate surface area is 109 Å². The molecule has 7 heteroatoms. The lowest BCUT2D eigenvalue weighted by molar-refractivity contribution is -0.136. The predicted octanol–water partition coefficient (Wildman–Crippen LogP) is -0.475. The molecule has 1 amide bonds. The molecular formula is C11H23N3O3S. The first-order valence-electron chi connectivity index (χ1n) is 6.10. The first-order valence-corrected chi connectivity index (χ1v) is 7.99. The van der Waals surface area contributed by atoms with Crippen LogP contribution in [-0.2, 0) is 14.8 Å². The van der Waals surface area contributed by atoms with Crippen molar-refractivity contribution in [1.82, 2.24) is 14.9 Å². The highest BCUT2D eigenvalue weighted by molar-refractivity contribution is 7.88. The molecule has 1 unspecified atom stereocenters. The SMILES string of the molecule is CNC1CCCN(CC(C)(C)NS(C)(=O)=O)C1=O. The Morgan fingerprint density at radius 2 is 2.06 bits per heavy atom. The van der Waals surface area contributed by atoms with E-state index in [0.717, 1.165) is 19.1 Å². The van der Waals surface area contributed by atoms with Gasteiger partial charge in [0, 0.05) is 18.6 Å². The van der Waals surface area contributed by atoms with E-state index in [1.165, 1.54) is 0 Å². The third kappa shape index (κ3) is 4.55. The average molecular weight is 277 g/mol. The van der Waals surface area contributed by atoms with Gasteiger partial charge >= 0.3 is 0 Å². The summed E-state index contributed by atoms with van der Waals surface area (Å²) in [5.74, 6) is 0.0483. The van der Waals surface area contributed by atoms with Crippen LogP contribution in [-0.4, -0.2) is 57.2 Å². The predicted molar refractivity (Wildman–Crippen MR) is 70.7 cm³/mol. The summed E-state index contributed by atoms with van der Waals surface area (Å²) in [7, 11) is -1.50. The number of likely N-dealkylation sites (N-methyl/N-ethyl adjacent to an activating group) is 1. The van der Waals surface area contributed by atoms with Gasteiger partial charge in [0.25, 0.3) is 0 Å². The first kappa shape index (κ1) is 15.4. The number of likely N-dealkylation sites (tertiary alicyclic amines) is 1. The van der Waals surface area contributed by atoms with Gasteiger partial charge < -0.3 is 10.2 Å². The van der Waals surface area contributed by atoms with Crippen molar-refractivity contribution in [2.45, 2.75) is 38.3 Å². The molecule has 0 saturated carbocycles. The number of nitrogens with one attached hydrogen (secondary N) is 2. The van der Waals surface area contributed by atoms with Crippen molar-refractivity contribution in [3.05, 3.63) is 0 Å². The molecule has 0 aromatic rings. The van der Waals surface area contributed by atoms with Crippen molar-refractivity contribution in [1.29, 1.82) is 0 Å². The van der Waals surface area contributed by atoms with Crippen molar-refractivity contribution in [3.8, 4) is 0 Å². The van der Waals surface area contributed by atoms with Crippen molar-refractivity contribution in [2.75, 3.05) is 26.4 Å². The summed E-state index contributed by atoms with van der Waals surface area (Å²) < 4.78 is 25.1. The molecule has 0 bridgehead atoms. The van der Waals surface area contributed by atoms with Gasteiger partial charge in [-0.1, -0.05) is 0 Å². The van der Waals surface area contributed by atoms with E-state index in [2.05, 4.69) is 10.0 Å². The van der Waals surface area contributed by atoms with Crippen LogP contribution in [0.4, 0.5) is 0 Å². The fourth-order valence-corrected chi connectivity index (χ4v) is 3.44. The maximum atomic E-state index is 12.1. The van der Waals surface area contributed by atoms with Crippen LogP contribution >= 0.6 is 0 Å². The Balaban J connectivity index is 2.68. The molecule has 0 radical (unpaired) electrons. The Hall–Kier alpha value is -0.660. The van der Waals surface area contributed by atoms with Gasteiger partial charge in [-0.3, -0.25) is 4.79 Å². The molecule has 0 aliphatic carbocycles. The van der Waals surface area contributed by atoms with Crippen LogP contribution in [0.1, 0.15) is 26.7 Å². The number of nitrogens with zero attached hydrogens (tertiary/aromatic N) is 1. The first-order chi connectivity index (χ1) is 8.14. The summed E-state index contributed by atoms with van der Waals surface area (Å²) in [6.45, 7) is 4.64. The smallest absolute Gasteiger partial charge is 0.239 e. The highest BCUT2D eigenvalue weighted by Crippen LogP contribution is 2.15. The zero-order valence-electron chi connectivity index (χ0n) is 11.5. The fourth-order valence-electron chi connectivity index (χ4n) is 2.38. The third-order valence-corrected chi connectivity index (χ3v) is 3.85. The highest BCUT2D eigenvalue weighted by Gasteiger charge is 2.32. The molecule has 0 spiro atoms. The van der Waals surface area contributed by atoms with Crippen molar-refractivity contribution >= 4 is 15.9 Å². The second-order valence-corrected chi connectivity index (χ2v) is 7.25. The Bertz CT molecular complexity index is 406. The zero-order chi connectivity index (χ0) is 14.0. The summed E-state index contributed by atoms with van der Waals surface area (Å²) in [6.07, 6.45) is 2.90. The molecule has 1 aliphatic heterocycles. The van der Waals surface area contributed by atoms with E-state index in [0.29, 0.717) is 13.1 Å². The number of carbonyl (C=O) groups is 1. The molecule has 1 heterocycles. The van der Waals surface area contributed by atoms with Crippen LogP contribution in [0.5, 0.6) is 0 Å². The van der Waals surface area contributed by atoms with Crippen LogP contribution in [0, 0.1) is 0 Å². The summed E-state index contributed by atoms with van der Waals surface area (Å²) >= 11 is 0. The number of amides is 1. The number of piperidine rings is 1. The van der Waals surface area contributed by atoms with E-state index < -0.39 is 15.6 Å². The van der Waals surface area contributed by atoms with Crippen LogP contribution < -0.4 is 10.0 Å². The van der Waals surface area contributed by atoms with Gasteiger partial charge in [-0.2, -0.15) is 0 Å². The van der Waals surface area contributed by atoms with Crippen molar-refractivity contribution in [2.24, 2.45) is 0 Å². The maximum absolute atomic E-state index is 12.1. The van der Waals surface area contributed by atoms with E-state index in [4.69, 9.17) is 0 Å². The van der Waals surface area contributed by atoms with Gasteiger partial charge in [0.2, 0.25) is 15.9 Å². The number of sulfonamides is 1. The molecule has 106 valence electrons. The molecule has 1 fully saturated rings. The quantitative estimate of drug-likeness (QED) is 0.712. The molecule has 6 nitrogen and oxygen atoms in total. The van der Waals surface area contributed by atoms with Gasteiger partial charge in [-0.25, -0.2) is 13.1 Å². The minimum Gasteiger partial charge on any atom is -0.339 e. The minimum atomic E-state index is -3.27. The lowest BCUT2D eigenvalue weighted by atomic mass is 10.0. The summed E-state index contributed by atoms with van der Waals surface area (Å²) in [5.41, 5.74) is -0.654. The number of hydrogen-bond acceptors (Lipinski definition) is 4. The van der Waals surface area contributed by atoms with Crippen LogP contribution in [0.2, 0.25) is 0 Å². The third-order valence-electron chi connectivity index (χ3n) is 2.93. The molecule has 1 aliphatic rings. The second kappa shape index (κ2) is 5.54. The Kier molecular flexibility index (Phi) is 4.74. The molecule has 1 atom stereocenters. The monoisotopic (exact) mass is 277 g/mol. The topological polar surface area (TPSA) is 78.5 Å². The number of carbonyl (C=O) groups excluding carboxylic acids is 1. The van der Waals surface area contributed by atoms with Gasteiger partial charge in [-0.15, -0.1) is 0 Å². The van der Waals surface area contributed by atoms with Gasteiger partial charge in [0.15, 0.2) is 0 Å². The van der Waals surface area contributed by atoms with Crippen LogP contribution in [0.3, 0.4) is 0 Å². The molecule has 2 N–H and O–H groups in total.